The van der Waals surface area contributed by atoms with Gasteiger partial charge < -0.3 is 0 Å². The van der Waals surface area contributed by atoms with Crippen LogP contribution in [-0.4, -0.2) is 0 Å². The van der Waals surface area contributed by atoms with Crippen molar-refractivity contribution in [2.24, 2.45) is 0 Å². The van der Waals surface area contributed by atoms with Crippen LogP contribution in [0.4, 0.5) is 0 Å². The van der Waals surface area contributed by atoms with E-state index in [9.17, 15) is 0 Å². The fourth-order valence-electron chi connectivity index (χ4n) is 1.19. The van der Waals surface area contributed by atoms with Gasteiger partial charge in [0.1, 0.15) is 0 Å². The van der Waals surface area contributed by atoms with E-state index in [2.05, 4.69) is 24.8 Å². The molecular formula is C11H13Y-. The quantitative estimate of drug-likeness (QED) is 0.643. The molecule has 0 amide bonds. The summed E-state index contributed by atoms with van der Waals surface area (Å²) in [6.45, 7) is 5.68. The monoisotopic (exact) mass is 234 g/mol. The Morgan fingerprint density at radius 2 is 2.17 bits per heavy atom. The molecule has 61 valence electrons. The minimum atomic E-state index is 0. The Morgan fingerprint density at radius 3 is 2.75 bits per heavy atom. The molecule has 0 aromatic rings. The Morgan fingerprint density at radius 1 is 1.42 bits per heavy atom. The maximum absolute atomic E-state index is 3.65. The van der Waals surface area contributed by atoms with Gasteiger partial charge in [-0.2, -0.15) is 29.4 Å². The molecular weight excluding hydrogens is 221 g/mol. The van der Waals surface area contributed by atoms with E-state index in [1.54, 1.807) is 0 Å². The first kappa shape index (κ1) is 12.1. The van der Waals surface area contributed by atoms with Crippen LogP contribution >= 0.6 is 0 Å². The van der Waals surface area contributed by atoms with Crippen LogP contribution in [0.25, 0.3) is 0 Å². The van der Waals surface area contributed by atoms with Crippen LogP contribution in [0.15, 0.2) is 42.0 Å². The standard InChI is InChI=1S/C11H13.Y/c1-3-5-10-7-8-11(9-10)6-4-2;/h3-6H,1,7-8H2,2H3;/q-1;/b6-4+,10-5+;. The van der Waals surface area contributed by atoms with Gasteiger partial charge in [-0.15, -0.1) is 18.7 Å². The summed E-state index contributed by atoms with van der Waals surface area (Å²) >= 11 is 0. The van der Waals surface area contributed by atoms with E-state index in [1.165, 1.54) is 11.1 Å². The molecule has 0 heterocycles. The molecule has 12 heavy (non-hydrogen) atoms. The summed E-state index contributed by atoms with van der Waals surface area (Å²) in [7, 11) is 0. The number of hydrogen-bond donors (Lipinski definition) is 0. The van der Waals surface area contributed by atoms with Crippen molar-refractivity contribution in [2.45, 2.75) is 19.8 Å². The largest absolute Gasteiger partial charge is 0.177 e. The molecule has 0 spiro atoms. The Balaban J connectivity index is 0.00000121. The fourth-order valence-corrected chi connectivity index (χ4v) is 1.19. The molecule has 1 rings (SSSR count). The van der Waals surface area contributed by atoms with Crippen molar-refractivity contribution in [1.29, 1.82) is 0 Å². The Kier molecular flexibility index (Phi) is 6.60. The first-order chi connectivity index (χ1) is 5.36. The molecule has 1 aliphatic carbocycles. The SMILES string of the molecule is C=C/C=C1[C-]=C(/C=C/C)CC/1.[Y]. The van der Waals surface area contributed by atoms with E-state index in [0.717, 1.165) is 12.8 Å². The van der Waals surface area contributed by atoms with E-state index < -0.39 is 0 Å². The number of rotatable bonds is 2. The summed E-state index contributed by atoms with van der Waals surface area (Å²) in [6, 6.07) is 0. The van der Waals surface area contributed by atoms with E-state index in [4.69, 9.17) is 0 Å². The van der Waals surface area contributed by atoms with Crippen molar-refractivity contribution in [2.75, 3.05) is 0 Å². The molecule has 1 radical (unpaired) electrons. The van der Waals surface area contributed by atoms with Crippen LogP contribution in [0.3, 0.4) is 0 Å². The molecule has 0 aliphatic heterocycles. The molecule has 0 bridgehead atoms. The summed E-state index contributed by atoms with van der Waals surface area (Å²) in [5.41, 5.74) is 2.58. The van der Waals surface area contributed by atoms with Gasteiger partial charge in [0.25, 0.3) is 0 Å². The predicted molar refractivity (Wildman–Crippen MR) is 49.1 cm³/mol. The molecule has 0 fully saturated rings. The van der Waals surface area contributed by atoms with Gasteiger partial charge in [-0.05, 0) is 12.8 Å². The van der Waals surface area contributed by atoms with Crippen LogP contribution in [0, 0.1) is 6.08 Å². The topological polar surface area (TPSA) is 0 Å². The second-order valence-electron chi connectivity index (χ2n) is 2.58. The maximum Gasteiger partial charge on any atom is 0 e. The summed E-state index contributed by atoms with van der Waals surface area (Å²) < 4.78 is 0. The molecule has 0 unspecified atom stereocenters. The van der Waals surface area contributed by atoms with E-state index in [0.29, 0.717) is 0 Å². The number of hydrogen-bond acceptors (Lipinski definition) is 0. The second kappa shape index (κ2) is 6.57. The smallest absolute Gasteiger partial charge is 0 e. The van der Waals surface area contributed by atoms with E-state index in [1.807, 2.05) is 19.1 Å². The first-order valence-electron chi connectivity index (χ1n) is 3.94. The van der Waals surface area contributed by atoms with Crippen LogP contribution in [0.5, 0.6) is 0 Å². The van der Waals surface area contributed by atoms with E-state index >= 15 is 0 Å². The van der Waals surface area contributed by atoms with Crippen molar-refractivity contribution in [1.82, 2.24) is 0 Å². The minimum absolute atomic E-state index is 0. The molecule has 0 nitrogen and oxygen atoms in total. The van der Waals surface area contributed by atoms with Gasteiger partial charge in [-0.3, -0.25) is 0 Å². The molecule has 0 aromatic carbocycles. The summed E-state index contributed by atoms with van der Waals surface area (Å²) in [5, 5.41) is 0. The molecule has 1 heteroatoms. The zero-order valence-corrected chi connectivity index (χ0v) is 10.3. The zero-order chi connectivity index (χ0) is 8.10. The molecule has 0 aromatic heterocycles. The van der Waals surface area contributed by atoms with Crippen LogP contribution in [0.1, 0.15) is 19.8 Å². The Bertz CT molecular complexity index is 231. The van der Waals surface area contributed by atoms with Crippen molar-refractivity contribution in [3.63, 3.8) is 0 Å². The average molecular weight is 234 g/mol. The van der Waals surface area contributed by atoms with Crippen molar-refractivity contribution >= 4 is 0 Å². The minimum Gasteiger partial charge on any atom is -0.177 e. The van der Waals surface area contributed by atoms with Gasteiger partial charge in [0.05, 0.1) is 0 Å². The zero-order valence-electron chi connectivity index (χ0n) is 7.51. The molecule has 0 N–H and O–H groups in total. The Hall–Kier alpha value is 0.0639. The first-order valence-corrected chi connectivity index (χ1v) is 3.94. The third-order valence-electron chi connectivity index (χ3n) is 1.67. The van der Waals surface area contributed by atoms with Crippen molar-refractivity contribution < 1.29 is 32.7 Å². The summed E-state index contributed by atoms with van der Waals surface area (Å²) in [6.07, 6.45) is 13.6. The molecule has 0 saturated heterocycles. The van der Waals surface area contributed by atoms with Gasteiger partial charge in [0.15, 0.2) is 0 Å². The summed E-state index contributed by atoms with van der Waals surface area (Å²) in [4.78, 5) is 0. The van der Waals surface area contributed by atoms with Gasteiger partial charge in [-0.25, -0.2) is 0 Å². The fraction of sp³-hybridized carbons (Fsp3) is 0.273. The van der Waals surface area contributed by atoms with Gasteiger partial charge >= 0.3 is 0 Å². The third kappa shape index (κ3) is 3.64. The van der Waals surface area contributed by atoms with Crippen LogP contribution < -0.4 is 0 Å². The third-order valence-corrected chi connectivity index (χ3v) is 1.67. The Labute approximate surface area is 100 Å². The van der Waals surface area contributed by atoms with Crippen molar-refractivity contribution in [3.05, 3.63) is 48.1 Å². The summed E-state index contributed by atoms with van der Waals surface area (Å²) in [5.74, 6) is 0. The second-order valence-corrected chi connectivity index (χ2v) is 2.58. The van der Waals surface area contributed by atoms with Crippen LogP contribution in [0.2, 0.25) is 0 Å². The van der Waals surface area contributed by atoms with Crippen molar-refractivity contribution in [3.8, 4) is 0 Å². The maximum atomic E-state index is 3.65. The molecule has 1 aliphatic rings. The normalized spacial score (nSPS) is 19.4. The van der Waals surface area contributed by atoms with Gasteiger partial charge in [-0.1, -0.05) is 6.92 Å². The molecule has 0 saturated carbocycles. The van der Waals surface area contributed by atoms with Crippen LogP contribution in [-0.2, 0) is 32.7 Å². The average Bonchev–Trinajstić information content (AvgIpc) is 2.38. The molecule has 0 atom stereocenters. The van der Waals surface area contributed by atoms with Gasteiger partial charge in [0, 0.05) is 32.7 Å². The number of allylic oxidation sites excluding steroid dienone is 7. The predicted octanol–water partition coefficient (Wildman–Crippen LogP) is 3.20. The van der Waals surface area contributed by atoms with E-state index in [-0.39, 0.29) is 32.7 Å². The van der Waals surface area contributed by atoms with Gasteiger partial charge in [0.2, 0.25) is 0 Å².